The number of amides is 1. The van der Waals surface area contributed by atoms with Crippen molar-refractivity contribution in [3.05, 3.63) is 83.0 Å². The number of hydrogen-bond donors (Lipinski definition) is 1. The average Bonchev–Trinajstić information content (AvgIpc) is 2.79. The van der Waals surface area contributed by atoms with Crippen LogP contribution in [-0.4, -0.2) is 24.0 Å². The molecule has 2 heterocycles. The lowest BCUT2D eigenvalue weighted by Gasteiger charge is -2.32. The van der Waals surface area contributed by atoms with Crippen molar-refractivity contribution < 1.29 is 18.3 Å². The number of anilines is 2. The normalized spacial score (nSPS) is 14.3. The Balaban J connectivity index is 1.29. The van der Waals surface area contributed by atoms with Gasteiger partial charge in [-0.1, -0.05) is 23.7 Å². The van der Waals surface area contributed by atoms with Crippen LogP contribution in [0.2, 0.25) is 5.02 Å². The Morgan fingerprint density at radius 1 is 1.12 bits per heavy atom. The van der Waals surface area contributed by atoms with E-state index in [0.717, 1.165) is 5.82 Å². The van der Waals surface area contributed by atoms with Crippen LogP contribution in [0.4, 0.5) is 20.3 Å². The highest BCUT2D eigenvalue weighted by Gasteiger charge is 2.26. The lowest BCUT2D eigenvalue weighted by molar-refractivity contribution is -0.120. The smallest absolute Gasteiger partial charge is 0.227 e. The monoisotopic (exact) mass is 457 g/mol. The van der Waals surface area contributed by atoms with Gasteiger partial charge in [0.2, 0.25) is 5.91 Å². The van der Waals surface area contributed by atoms with Gasteiger partial charge in [0.25, 0.3) is 0 Å². The molecule has 0 atom stereocenters. The lowest BCUT2D eigenvalue weighted by atomic mass is 9.95. The maximum Gasteiger partial charge on any atom is 0.227 e. The van der Waals surface area contributed by atoms with Crippen LogP contribution in [0.15, 0.2) is 60.8 Å². The first kappa shape index (κ1) is 22.0. The number of benzene rings is 2. The molecule has 166 valence electrons. The zero-order chi connectivity index (χ0) is 22.5. The molecule has 5 nitrogen and oxygen atoms in total. The molecule has 32 heavy (non-hydrogen) atoms. The molecule has 0 bridgehead atoms. The van der Waals surface area contributed by atoms with Crippen molar-refractivity contribution in [2.45, 2.75) is 19.4 Å². The molecule has 1 amide bonds. The Labute approximate surface area is 190 Å². The third-order valence-electron chi connectivity index (χ3n) is 5.38. The number of hydrogen-bond acceptors (Lipinski definition) is 4. The van der Waals surface area contributed by atoms with E-state index in [0.29, 0.717) is 42.2 Å². The number of piperidine rings is 1. The summed E-state index contributed by atoms with van der Waals surface area (Å²) in [5.74, 6) is -0.394. The van der Waals surface area contributed by atoms with Gasteiger partial charge in [0.1, 0.15) is 18.2 Å². The van der Waals surface area contributed by atoms with E-state index in [1.807, 2.05) is 6.07 Å². The summed E-state index contributed by atoms with van der Waals surface area (Å²) in [4.78, 5) is 19.1. The molecule has 4 rings (SSSR count). The molecular formula is C24H22ClF2N3O2. The molecule has 3 aromatic rings. The minimum atomic E-state index is -0.595. The summed E-state index contributed by atoms with van der Waals surface area (Å²) in [6, 6.07) is 13.9. The highest BCUT2D eigenvalue weighted by atomic mass is 35.5. The number of aromatic nitrogens is 1. The van der Waals surface area contributed by atoms with Gasteiger partial charge >= 0.3 is 0 Å². The quantitative estimate of drug-likeness (QED) is 0.535. The Hall–Kier alpha value is -3.19. The molecule has 0 saturated carbocycles. The van der Waals surface area contributed by atoms with Gasteiger partial charge in [0.15, 0.2) is 11.6 Å². The largest absolute Gasteiger partial charge is 0.486 e. The summed E-state index contributed by atoms with van der Waals surface area (Å²) in [5.41, 5.74) is 0.967. The molecule has 1 fully saturated rings. The molecule has 1 aliphatic heterocycles. The summed E-state index contributed by atoms with van der Waals surface area (Å²) >= 11 is 5.88. The number of halogens is 3. The molecule has 2 aromatic carbocycles. The van der Waals surface area contributed by atoms with Crippen molar-refractivity contribution in [1.82, 2.24) is 4.98 Å². The van der Waals surface area contributed by atoms with E-state index in [-0.39, 0.29) is 30.0 Å². The molecule has 0 radical (unpaired) electrons. The highest BCUT2D eigenvalue weighted by Crippen LogP contribution is 2.26. The number of ether oxygens (including phenoxy) is 1. The van der Waals surface area contributed by atoms with Gasteiger partial charge in [-0.05, 0) is 54.8 Å². The first-order valence-electron chi connectivity index (χ1n) is 10.3. The van der Waals surface area contributed by atoms with Crippen LogP contribution in [0.1, 0.15) is 18.4 Å². The van der Waals surface area contributed by atoms with Crippen LogP contribution in [0.3, 0.4) is 0 Å². The van der Waals surface area contributed by atoms with E-state index in [4.69, 9.17) is 16.3 Å². The Bertz CT molecular complexity index is 1090. The number of nitrogens with zero attached hydrogens (tertiary/aromatic N) is 2. The summed E-state index contributed by atoms with van der Waals surface area (Å²) < 4.78 is 33.1. The zero-order valence-corrected chi connectivity index (χ0v) is 18.0. The highest BCUT2D eigenvalue weighted by molar-refractivity contribution is 6.30. The van der Waals surface area contributed by atoms with Crippen molar-refractivity contribution in [3.8, 4) is 5.75 Å². The maximum atomic E-state index is 14.4. The van der Waals surface area contributed by atoms with Crippen LogP contribution >= 0.6 is 11.6 Å². The van der Waals surface area contributed by atoms with Crippen molar-refractivity contribution in [1.29, 1.82) is 0 Å². The van der Waals surface area contributed by atoms with Crippen molar-refractivity contribution in [3.63, 3.8) is 0 Å². The average molecular weight is 458 g/mol. The second-order valence-electron chi connectivity index (χ2n) is 7.65. The second kappa shape index (κ2) is 9.96. The fourth-order valence-electron chi connectivity index (χ4n) is 3.65. The standard InChI is InChI=1S/C24H22ClF2N3O2/c25-18-4-7-23(28-14-18)30-10-8-17(9-11-30)24(31)29-20-5-6-22(21(27)13-20)32-15-16-2-1-3-19(26)12-16/h1-7,12-14,17H,8-11,15H2,(H,29,31). The number of carbonyl (C=O) groups excluding carboxylic acids is 1. The predicted molar refractivity (Wildman–Crippen MR) is 120 cm³/mol. The number of carbonyl (C=O) groups is 1. The van der Waals surface area contributed by atoms with Crippen LogP contribution in [0.5, 0.6) is 5.75 Å². The SMILES string of the molecule is O=C(Nc1ccc(OCc2cccc(F)c2)c(F)c1)C1CCN(c2ccc(Cl)cn2)CC1. The summed E-state index contributed by atoms with van der Waals surface area (Å²) in [5, 5.41) is 3.37. The molecule has 0 spiro atoms. The Morgan fingerprint density at radius 3 is 2.62 bits per heavy atom. The van der Waals surface area contributed by atoms with Gasteiger partial charge in [-0.2, -0.15) is 0 Å². The van der Waals surface area contributed by atoms with Crippen molar-refractivity contribution in [2.24, 2.45) is 5.92 Å². The van der Waals surface area contributed by atoms with E-state index in [2.05, 4.69) is 15.2 Å². The summed E-state index contributed by atoms with van der Waals surface area (Å²) in [6.45, 7) is 1.45. The van der Waals surface area contributed by atoms with Gasteiger partial charge < -0.3 is 15.0 Å². The van der Waals surface area contributed by atoms with E-state index >= 15 is 0 Å². The number of nitrogens with one attached hydrogen (secondary N) is 1. The Kier molecular flexibility index (Phi) is 6.85. The van der Waals surface area contributed by atoms with Gasteiger partial charge in [0, 0.05) is 37.0 Å². The summed E-state index contributed by atoms with van der Waals surface area (Å²) in [6.07, 6.45) is 2.96. The first-order chi connectivity index (χ1) is 15.5. The fraction of sp³-hybridized carbons (Fsp3) is 0.250. The van der Waals surface area contributed by atoms with Crippen LogP contribution in [-0.2, 0) is 11.4 Å². The van der Waals surface area contributed by atoms with E-state index in [1.165, 1.54) is 24.3 Å². The molecule has 0 unspecified atom stereocenters. The molecule has 1 N–H and O–H groups in total. The zero-order valence-electron chi connectivity index (χ0n) is 17.2. The maximum absolute atomic E-state index is 14.4. The predicted octanol–water partition coefficient (Wildman–Crippen LogP) is 5.45. The third kappa shape index (κ3) is 5.53. The van der Waals surface area contributed by atoms with E-state index in [9.17, 15) is 13.6 Å². The minimum absolute atomic E-state index is 0.0380. The summed E-state index contributed by atoms with van der Waals surface area (Å²) in [7, 11) is 0. The van der Waals surface area contributed by atoms with Crippen LogP contribution in [0, 0.1) is 17.6 Å². The molecule has 0 aliphatic carbocycles. The number of rotatable bonds is 6. The molecule has 8 heteroatoms. The topological polar surface area (TPSA) is 54.5 Å². The van der Waals surface area contributed by atoms with Gasteiger partial charge in [0.05, 0.1) is 5.02 Å². The molecular weight excluding hydrogens is 436 g/mol. The lowest BCUT2D eigenvalue weighted by Crippen LogP contribution is -2.38. The minimum Gasteiger partial charge on any atom is -0.486 e. The van der Waals surface area contributed by atoms with Gasteiger partial charge in [-0.25, -0.2) is 13.8 Å². The molecule has 1 saturated heterocycles. The second-order valence-corrected chi connectivity index (χ2v) is 8.09. The Morgan fingerprint density at radius 2 is 1.94 bits per heavy atom. The first-order valence-corrected chi connectivity index (χ1v) is 10.7. The molecule has 1 aliphatic rings. The molecule has 1 aromatic heterocycles. The van der Waals surface area contributed by atoms with Crippen LogP contribution in [0.25, 0.3) is 0 Å². The van der Waals surface area contributed by atoms with Crippen LogP contribution < -0.4 is 15.0 Å². The van der Waals surface area contributed by atoms with Gasteiger partial charge in [-0.15, -0.1) is 0 Å². The third-order valence-corrected chi connectivity index (χ3v) is 5.61. The van der Waals surface area contributed by atoms with E-state index in [1.54, 1.807) is 30.5 Å². The number of pyridine rings is 1. The van der Waals surface area contributed by atoms with Crippen molar-refractivity contribution >= 4 is 29.0 Å². The van der Waals surface area contributed by atoms with Gasteiger partial charge in [-0.3, -0.25) is 4.79 Å². The van der Waals surface area contributed by atoms with Crippen molar-refractivity contribution in [2.75, 3.05) is 23.3 Å². The fourth-order valence-corrected chi connectivity index (χ4v) is 3.77. The van der Waals surface area contributed by atoms with E-state index < -0.39 is 5.82 Å².